The topological polar surface area (TPSA) is 17.8 Å². The van der Waals surface area contributed by atoms with Crippen molar-refractivity contribution in [2.24, 2.45) is 7.05 Å². The van der Waals surface area contributed by atoms with Crippen molar-refractivity contribution >= 4 is 34.2 Å². The first-order valence-corrected chi connectivity index (χ1v) is 6.75. The van der Waals surface area contributed by atoms with Crippen LogP contribution >= 0.6 is 23.2 Å². The molecule has 4 heteroatoms. The summed E-state index contributed by atoms with van der Waals surface area (Å²) in [6.07, 6.45) is 0.793. The Bertz CT molecular complexity index is 733. The van der Waals surface area contributed by atoms with Crippen LogP contribution in [0.1, 0.15) is 11.4 Å². The van der Waals surface area contributed by atoms with Crippen molar-refractivity contribution in [1.29, 1.82) is 0 Å². The van der Waals surface area contributed by atoms with Gasteiger partial charge in [-0.3, -0.25) is 0 Å². The number of rotatable bonds is 2. The highest BCUT2D eigenvalue weighted by atomic mass is 35.5. The van der Waals surface area contributed by atoms with Crippen LogP contribution in [0.15, 0.2) is 42.5 Å². The number of hydrogen-bond donors (Lipinski definition) is 0. The van der Waals surface area contributed by atoms with Gasteiger partial charge in [-0.2, -0.15) is 0 Å². The Kier molecular flexibility index (Phi) is 3.21. The lowest BCUT2D eigenvalue weighted by atomic mass is 10.1. The second-order valence-electron chi connectivity index (χ2n) is 4.50. The first-order chi connectivity index (χ1) is 9.15. The van der Waals surface area contributed by atoms with Gasteiger partial charge in [-0.1, -0.05) is 53.5 Å². The summed E-state index contributed by atoms with van der Waals surface area (Å²) in [5.74, 6) is 1.000. The molecular weight excluding hydrogens is 279 g/mol. The minimum atomic E-state index is 0.540. The van der Waals surface area contributed by atoms with E-state index in [1.807, 2.05) is 37.4 Å². The molecule has 2 nitrogen and oxygen atoms in total. The summed E-state index contributed by atoms with van der Waals surface area (Å²) in [5, 5.41) is 1.10. The van der Waals surface area contributed by atoms with E-state index in [2.05, 4.69) is 21.7 Å². The van der Waals surface area contributed by atoms with Gasteiger partial charge < -0.3 is 4.57 Å². The predicted octanol–water partition coefficient (Wildman–Crippen LogP) is 4.47. The monoisotopic (exact) mass is 290 g/mol. The summed E-state index contributed by atoms with van der Waals surface area (Å²) in [4.78, 5) is 4.63. The van der Waals surface area contributed by atoms with Gasteiger partial charge in [-0.05, 0) is 17.7 Å². The Labute approximate surface area is 121 Å². The number of nitrogens with zero attached hydrogens (tertiary/aromatic N) is 2. The summed E-state index contributed by atoms with van der Waals surface area (Å²) in [7, 11) is 2.00. The molecule has 0 amide bonds. The van der Waals surface area contributed by atoms with E-state index in [1.54, 1.807) is 0 Å². The minimum absolute atomic E-state index is 0.540. The molecule has 0 atom stereocenters. The van der Waals surface area contributed by atoms with Crippen LogP contribution in [0.25, 0.3) is 11.0 Å². The summed E-state index contributed by atoms with van der Waals surface area (Å²) < 4.78 is 2.06. The first kappa shape index (κ1) is 12.5. The molecule has 0 radical (unpaired) electrons. The number of halogens is 2. The Morgan fingerprint density at radius 2 is 1.74 bits per heavy atom. The van der Waals surface area contributed by atoms with Crippen LogP contribution in [0.4, 0.5) is 0 Å². The highest BCUT2D eigenvalue weighted by molar-refractivity contribution is 6.42. The molecule has 0 N–H and O–H groups in total. The third-order valence-electron chi connectivity index (χ3n) is 3.22. The molecule has 0 aliphatic rings. The van der Waals surface area contributed by atoms with Gasteiger partial charge in [0.25, 0.3) is 0 Å². The Morgan fingerprint density at radius 1 is 1.05 bits per heavy atom. The lowest BCUT2D eigenvalue weighted by Gasteiger charge is -2.02. The van der Waals surface area contributed by atoms with Crippen molar-refractivity contribution in [1.82, 2.24) is 9.55 Å². The van der Waals surface area contributed by atoms with Crippen LogP contribution in [0.5, 0.6) is 0 Å². The lowest BCUT2D eigenvalue weighted by molar-refractivity contribution is 0.845. The minimum Gasteiger partial charge on any atom is -0.331 e. The molecule has 0 spiro atoms. The SMILES string of the molecule is Cn1c(Cc2ccccc2)nc2cc(Cl)c(Cl)cc21. The summed E-state index contributed by atoms with van der Waals surface area (Å²) >= 11 is 12.1. The highest BCUT2D eigenvalue weighted by Crippen LogP contribution is 2.28. The van der Waals surface area contributed by atoms with E-state index < -0.39 is 0 Å². The van der Waals surface area contributed by atoms with Gasteiger partial charge in [0.05, 0.1) is 21.1 Å². The molecule has 0 saturated heterocycles. The van der Waals surface area contributed by atoms with E-state index in [4.69, 9.17) is 23.2 Å². The quantitative estimate of drug-likeness (QED) is 0.681. The molecule has 19 heavy (non-hydrogen) atoms. The molecule has 0 fully saturated rings. The molecule has 96 valence electrons. The number of benzene rings is 2. The van der Waals surface area contributed by atoms with Gasteiger partial charge in [-0.15, -0.1) is 0 Å². The number of aryl methyl sites for hydroxylation is 1. The predicted molar refractivity (Wildman–Crippen MR) is 80.0 cm³/mol. The van der Waals surface area contributed by atoms with Crippen molar-refractivity contribution < 1.29 is 0 Å². The van der Waals surface area contributed by atoms with E-state index in [-0.39, 0.29) is 0 Å². The third-order valence-corrected chi connectivity index (χ3v) is 3.94. The largest absolute Gasteiger partial charge is 0.331 e. The number of fused-ring (bicyclic) bond motifs is 1. The average molecular weight is 291 g/mol. The first-order valence-electron chi connectivity index (χ1n) is 5.99. The maximum Gasteiger partial charge on any atom is 0.114 e. The third kappa shape index (κ3) is 2.34. The van der Waals surface area contributed by atoms with Crippen molar-refractivity contribution in [3.8, 4) is 0 Å². The molecule has 1 heterocycles. The van der Waals surface area contributed by atoms with Gasteiger partial charge >= 0.3 is 0 Å². The molecule has 0 saturated carbocycles. The van der Waals surface area contributed by atoms with Crippen molar-refractivity contribution in [2.45, 2.75) is 6.42 Å². The second-order valence-corrected chi connectivity index (χ2v) is 5.32. The molecule has 0 bridgehead atoms. The summed E-state index contributed by atoms with van der Waals surface area (Å²) in [6, 6.07) is 13.9. The summed E-state index contributed by atoms with van der Waals surface area (Å²) in [5.41, 5.74) is 3.11. The Hall–Kier alpha value is -1.51. The second kappa shape index (κ2) is 4.87. The lowest BCUT2D eigenvalue weighted by Crippen LogP contribution is -1.98. The van der Waals surface area contributed by atoms with Crippen LogP contribution in [0.3, 0.4) is 0 Å². The molecule has 3 aromatic rings. The summed E-state index contributed by atoms with van der Waals surface area (Å²) in [6.45, 7) is 0. The van der Waals surface area contributed by atoms with Gasteiger partial charge in [0.2, 0.25) is 0 Å². The van der Waals surface area contributed by atoms with Crippen molar-refractivity contribution in [3.05, 3.63) is 63.9 Å². The zero-order valence-corrected chi connectivity index (χ0v) is 11.9. The standard InChI is InChI=1S/C15H12Cl2N2/c1-19-14-9-12(17)11(16)8-13(14)18-15(19)7-10-5-3-2-4-6-10/h2-6,8-9H,7H2,1H3. The Balaban J connectivity index is 2.08. The van der Waals surface area contributed by atoms with Gasteiger partial charge in [-0.25, -0.2) is 4.98 Å². The van der Waals surface area contributed by atoms with E-state index in [1.165, 1.54) is 5.56 Å². The molecule has 2 aromatic carbocycles. The molecule has 0 unspecified atom stereocenters. The van der Waals surface area contributed by atoms with Crippen LogP contribution in [0, 0.1) is 0 Å². The fraction of sp³-hybridized carbons (Fsp3) is 0.133. The maximum absolute atomic E-state index is 6.06. The number of imidazole rings is 1. The van der Waals surface area contributed by atoms with Crippen LogP contribution in [-0.2, 0) is 13.5 Å². The normalized spacial score (nSPS) is 11.1. The average Bonchev–Trinajstić information content (AvgIpc) is 2.69. The fourth-order valence-electron chi connectivity index (χ4n) is 2.17. The zero-order valence-electron chi connectivity index (χ0n) is 10.4. The van der Waals surface area contributed by atoms with Gasteiger partial charge in [0.15, 0.2) is 0 Å². The van der Waals surface area contributed by atoms with Crippen LogP contribution < -0.4 is 0 Å². The Morgan fingerprint density at radius 3 is 2.47 bits per heavy atom. The van der Waals surface area contributed by atoms with Gasteiger partial charge in [0, 0.05) is 13.5 Å². The molecule has 1 aromatic heterocycles. The van der Waals surface area contributed by atoms with E-state index in [0.29, 0.717) is 10.0 Å². The highest BCUT2D eigenvalue weighted by Gasteiger charge is 2.10. The number of hydrogen-bond acceptors (Lipinski definition) is 1. The molecule has 3 rings (SSSR count). The molecular formula is C15H12Cl2N2. The van der Waals surface area contributed by atoms with Crippen molar-refractivity contribution in [3.63, 3.8) is 0 Å². The van der Waals surface area contributed by atoms with Crippen LogP contribution in [0.2, 0.25) is 10.0 Å². The van der Waals surface area contributed by atoms with E-state index in [9.17, 15) is 0 Å². The van der Waals surface area contributed by atoms with E-state index >= 15 is 0 Å². The zero-order chi connectivity index (χ0) is 13.4. The van der Waals surface area contributed by atoms with Crippen molar-refractivity contribution in [2.75, 3.05) is 0 Å². The molecule has 0 aliphatic heterocycles. The fourth-order valence-corrected chi connectivity index (χ4v) is 2.49. The van der Waals surface area contributed by atoms with Gasteiger partial charge in [0.1, 0.15) is 5.82 Å². The number of aromatic nitrogens is 2. The maximum atomic E-state index is 6.06. The molecule has 0 aliphatic carbocycles. The van der Waals surface area contributed by atoms with Crippen LogP contribution in [-0.4, -0.2) is 9.55 Å². The smallest absolute Gasteiger partial charge is 0.114 e. The van der Waals surface area contributed by atoms with E-state index in [0.717, 1.165) is 23.3 Å².